The average Bonchev–Trinajstić information content (AvgIpc) is 3.64. The molecule has 1 unspecified atom stereocenters. The van der Waals surface area contributed by atoms with E-state index in [4.69, 9.17) is 9.98 Å². The van der Waals surface area contributed by atoms with Crippen LogP contribution < -0.4 is 0 Å². The normalized spacial score (nSPS) is 14.3. The van der Waals surface area contributed by atoms with Crippen LogP contribution in [0.1, 0.15) is 22.7 Å². The number of hydrogen-bond donors (Lipinski definition) is 0. The molecule has 1 atom stereocenters. The van der Waals surface area contributed by atoms with Gasteiger partial charge in [-0.2, -0.15) is 0 Å². The first-order valence-corrected chi connectivity index (χ1v) is 19.8. The largest absolute Gasteiger partial charge is 0.349 e. The van der Waals surface area contributed by atoms with E-state index in [2.05, 4.69) is 223 Å². The first-order chi connectivity index (χ1) is 28.7. The van der Waals surface area contributed by atoms with Crippen molar-refractivity contribution in [1.82, 2.24) is 14.5 Å². The minimum Gasteiger partial charge on any atom is -0.349 e. The molecule has 3 heterocycles. The molecule has 58 heavy (non-hydrogen) atoms. The standard InChI is InChI=1S/C54H38N4/c1-57-51(40-23-14-21-38(33-40)42-28-16-29-46-52(42)45-27-8-11-30-47(45)55-53(46)36-17-4-2-5-18-36)35-48(56-54(57)37-19-6-3-7-20-37)39-22-15-24-41(34-39)58-49-31-12-9-25-43(49)44-26-10-13-32-50(44)58/h2-35,51H,1H3. The highest BCUT2D eigenvalue weighted by Gasteiger charge is 2.26. The lowest BCUT2D eigenvalue weighted by Crippen LogP contribution is -2.33. The fourth-order valence-electron chi connectivity index (χ4n) is 8.91. The molecule has 0 fully saturated rings. The predicted molar refractivity (Wildman–Crippen MR) is 242 cm³/mol. The van der Waals surface area contributed by atoms with Gasteiger partial charge in [-0.1, -0.05) is 164 Å². The van der Waals surface area contributed by atoms with Gasteiger partial charge in [0, 0.05) is 56.4 Å². The van der Waals surface area contributed by atoms with E-state index in [-0.39, 0.29) is 6.04 Å². The number of rotatable bonds is 6. The van der Waals surface area contributed by atoms with Crippen molar-refractivity contribution in [3.05, 3.63) is 223 Å². The van der Waals surface area contributed by atoms with Gasteiger partial charge >= 0.3 is 0 Å². The molecule has 0 aliphatic carbocycles. The Morgan fingerprint density at radius 1 is 0.466 bits per heavy atom. The molecule has 0 spiro atoms. The summed E-state index contributed by atoms with van der Waals surface area (Å²) in [6.07, 6.45) is 2.33. The maximum absolute atomic E-state index is 5.41. The summed E-state index contributed by atoms with van der Waals surface area (Å²) in [6.45, 7) is 0. The summed E-state index contributed by atoms with van der Waals surface area (Å²) in [4.78, 5) is 12.9. The predicted octanol–water partition coefficient (Wildman–Crippen LogP) is 13.3. The lowest BCUT2D eigenvalue weighted by molar-refractivity contribution is 0.435. The first kappa shape index (κ1) is 33.8. The van der Waals surface area contributed by atoms with E-state index in [1.54, 1.807) is 0 Å². The lowest BCUT2D eigenvalue weighted by Gasteiger charge is -2.33. The highest BCUT2D eigenvalue weighted by atomic mass is 15.2. The number of para-hydroxylation sites is 3. The Morgan fingerprint density at radius 3 is 1.81 bits per heavy atom. The third-order valence-corrected chi connectivity index (χ3v) is 11.6. The molecule has 0 radical (unpaired) electrons. The van der Waals surface area contributed by atoms with Gasteiger partial charge in [0.15, 0.2) is 0 Å². The van der Waals surface area contributed by atoms with E-state index in [1.807, 2.05) is 0 Å². The lowest BCUT2D eigenvalue weighted by atomic mass is 9.91. The van der Waals surface area contributed by atoms with Crippen LogP contribution in [0.2, 0.25) is 0 Å². The summed E-state index contributed by atoms with van der Waals surface area (Å²) in [5.74, 6) is 0.936. The molecule has 0 bridgehead atoms. The van der Waals surface area contributed by atoms with Gasteiger partial charge in [-0.15, -0.1) is 0 Å². The molecule has 2 aromatic heterocycles. The molecular weight excluding hydrogens is 705 g/mol. The molecule has 4 heteroatoms. The summed E-state index contributed by atoms with van der Waals surface area (Å²) >= 11 is 0. The van der Waals surface area contributed by atoms with Gasteiger partial charge in [-0.05, 0) is 59.2 Å². The number of aliphatic imine (C=N–C) groups is 1. The van der Waals surface area contributed by atoms with Gasteiger partial charge in [0.2, 0.25) is 0 Å². The van der Waals surface area contributed by atoms with E-state index in [1.165, 1.54) is 43.9 Å². The van der Waals surface area contributed by atoms with Crippen LogP contribution in [0, 0.1) is 0 Å². The molecule has 0 saturated carbocycles. The van der Waals surface area contributed by atoms with Crippen LogP contribution >= 0.6 is 0 Å². The monoisotopic (exact) mass is 742 g/mol. The zero-order valence-electron chi connectivity index (χ0n) is 32.0. The average molecular weight is 743 g/mol. The summed E-state index contributed by atoms with van der Waals surface area (Å²) in [6, 6.07) is 71.4. The minimum atomic E-state index is -0.0761. The number of amidine groups is 1. The number of pyridine rings is 1. The van der Waals surface area contributed by atoms with E-state index in [9.17, 15) is 0 Å². The highest BCUT2D eigenvalue weighted by Crippen LogP contribution is 2.41. The Kier molecular flexibility index (Phi) is 8.07. The summed E-state index contributed by atoms with van der Waals surface area (Å²) in [5.41, 5.74) is 13.2. The van der Waals surface area contributed by atoms with E-state index < -0.39 is 0 Å². The summed E-state index contributed by atoms with van der Waals surface area (Å²) in [7, 11) is 2.16. The molecule has 4 nitrogen and oxygen atoms in total. The van der Waals surface area contributed by atoms with Crippen LogP contribution in [-0.2, 0) is 0 Å². The van der Waals surface area contributed by atoms with Crippen LogP contribution in [0.3, 0.4) is 0 Å². The fraction of sp³-hybridized carbons (Fsp3) is 0.0370. The molecule has 10 aromatic rings. The third kappa shape index (κ3) is 5.61. The Balaban J connectivity index is 1.07. The van der Waals surface area contributed by atoms with Gasteiger partial charge in [-0.25, -0.2) is 9.98 Å². The number of hydrogen-bond acceptors (Lipinski definition) is 3. The van der Waals surface area contributed by atoms with Crippen LogP contribution in [0.25, 0.3) is 77.2 Å². The summed E-state index contributed by atoms with van der Waals surface area (Å²) in [5, 5.41) is 6.00. The number of aromatic nitrogens is 2. The molecule has 1 aliphatic heterocycles. The maximum atomic E-state index is 5.41. The van der Waals surface area contributed by atoms with Crippen LogP contribution in [0.15, 0.2) is 211 Å². The molecule has 8 aromatic carbocycles. The van der Waals surface area contributed by atoms with Crippen molar-refractivity contribution in [3.8, 4) is 28.1 Å². The third-order valence-electron chi connectivity index (χ3n) is 11.6. The van der Waals surface area contributed by atoms with Crippen molar-refractivity contribution >= 4 is 55.0 Å². The van der Waals surface area contributed by atoms with Gasteiger partial charge in [0.05, 0.1) is 34.0 Å². The quantitative estimate of drug-likeness (QED) is 0.159. The number of benzene rings is 8. The Bertz CT molecular complexity index is 3190. The number of likely N-dealkylation sites (N-methyl/N-ethyl adjacent to an activating group) is 1. The van der Waals surface area contributed by atoms with E-state index >= 15 is 0 Å². The second-order valence-corrected chi connectivity index (χ2v) is 15.0. The van der Waals surface area contributed by atoms with Crippen molar-refractivity contribution in [2.24, 2.45) is 4.99 Å². The second-order valence-electron chi connectivity index (χ2n) is 15.0. The minimum absolute atomic E-state index is 0.0761. The van der Waals surface area contributed by atoms with Crippen LogP contribution in [0.5, 0.6) is 0 Å². The Labute approximate surface area is 337 Å². The van der Waals surface area contributed by atoms with Gasteiger partial charge < -0.3 is 9.47 Å². The second kappa shape index (κ2) is 13.9. The molecule has 0 amide bonds. The van der Waals surface area contributed by atoms with Crippen molar-refractivity contribution in [3.63, 3.8) is 0 Å². The van der Waals surface area contributed by atoms with Crippen molar-refractivity contribution in [2.45, 2.75) is 6.04 Å². The Hall–Kier alpha value is -7.56. The highest BCUT2D eigenvalue weighted by molar-refractivity contribution is 6.17. The number of fused-ring (bicyclic) bond motifs is 6. The van der Waals surface area contributed by atoms with Gasteiger partial charge in [0.25, 0.3) is 0 Å². The molecular formula is C54H38N4. The molecule has 11 rings (SSSR count). The van der Waals surface area contributed by atoms with Gasteiger partial charge in [0.1, 0.15) is 5.84 Å². The fourth-order valence-corrected chi connectivity index (χ4v) is 8.91. The SMILES string of the molecule is CN1C(c2ccccc2)=NC(c2cccc(-n3c4ccccc4c4ccccc43)c2)=CC1c1cccc(-c2cccc3c(-c4ccccc4)nc4ccccc4c23)c1. The van der Waals surface area contributed by atoms with Crippen LogP contribution in [-0.4, -0.2) is 27.3 Å². The van der Waals surface area contributed by atoms with Crippen molar-refractivity contribution in [2.75, 3.05) is 7.05 Å². The maximum Gasteiger partial charge on any atom is 0.137 e. The topological polar surface area (TPSA) is 33.4 Å². The van der Waals surface area contributed by atoms with Crippen LogP contribution in [0.4, 0.5) is 0 Å². The first-order valence-electron chi connectivity index (χ1n) is 19.8. The zero-order valence-corrected chi connectivity index (χ0v) is 32.0. The zero-order chi connectivity index (χ0) is 38.6. The Morgan fingerprint density at radius 2 is 1.05 bits per heavy atom. The molecule has 0 saturated heterocycles. The molecule has 274 valence electrons. The van der Waals surface area contributed by atoms with Crippen molar-refractivity contribution < 1.29 is 0 Å². The van der Waals surface area contributed by atoms with Crippen molar-refractivity contribution in [1.29, 1.82) is 0 Å². The number of nitrogens with zero attached hydrogens (tertiary/aromatic N) is 4. The van der Waals surface area contributed by atoms with Gasteiger partial charge in [-0.3, -0.25) is 0 Å². The molecule has 1 aliphatic rings. The van der Waals surface area contributed by atoms with E-state index in [0.717, 1.165) is 55.9 Å². The van der Waals surface area contributed by atoms with E-state index in [0.29, 0.717) is 0 Å². The molecule has 0 N–H and O–H groups in total. The smallest absolute Gasteiger partial charge is 0.137 e. The summed E-state index contributed by atoms with van der Waals surface area (Å²) < 4.78 is 2.37.